The summed E-state index contributed by atoms with van der Waals surface area (Å²) in [5, 5.41) is 41.5. The number of carboxylic acids is 3. The van der Waals surface area contributed by atoms with Crippen LogP contribution in [0.3, 0.4) is 0 Å². The monoisotopic (exact) mass is 862 g/mol. The lowest BCUT2D eigenvalue weighted by Gasteiger charge is -2.24. The van der Waals surface area contributed by atoms with Gasteiger partial charge in [0.25, 0.3) is 0 Å². The number of nitrogens with one attached hydrogen (secondary N) is 3. The molecule has 9 N–H and O–H groups in total. The highest BCUT2D eigenvalue weighted by Crippen LogP contribution is 2.14. The van der Waals surface area contributed by atoms with Gasteiger partial charge in [-0.3, -0.25) is 14.4 Å². The van der Waals surface area contributed by atoms with E-state index in [-0.39, 0.29) is 19.3 Å². The Morgan fingerprint density at radius 2 is 1.25 bits per heavy atom. The van der Waals surface area contributed by atoms with Crippen molar-refractivity contribution < 1.29 is 75.5 Å². The SMILES string of the molecule is Cc1nccn1CCCCc1ccc(CC(=O)N[C@@H](CO)C(=O)N[C@@H](CCCCN)C(=O)N[C@@H](Cc2ccccc2)C(=O)O)cc1.O=C(O)C(F)(F)F.O=C(O)C(F)(F)F. The van der Waals surface area contributed by atoms with Crippen molar-refractivity contribution >= 4 is 35.6 Å². The molecule has 0 radical (unpaired) electrons. The molecule has 0 spiro atoms. The summed E-state index contributed by atoms with van der Waals surface area (Å²) in [5.74, 6) is -7.61. The topological polar surface area (TPSA) is 263 Å². The number of carbonyl (C=O) groups is 6. The zero-order valence-corrected chi connectivity index (χ0v) is 32.3. The van der Waals surface area contributed by atoms with Crippen LogP contribution in [-0.4, -0.2) is 109 Å². The van der Waals surface area contributed by atoms with E-state index in [1.807, 2.05) is 37.4 Å². The molecule has 0 aliphatic heterocycles. The van der Waals surface area contributed by atoms with E-state index in [0.29, 0.717) is 19.4 Å². The smallest absolute Gasteiger partial charge is 0.480 e. The van der Waals surface area contributed by atoms with Crippen LogP contribution in [0.1, 0.15) is 54.6 Å². The number of carboxylic acid groups (broad SMARTS) is 3. The lowest BCUT2D eigenvalue weighted by molar-refractivity contribution is -0.193. The first-order valence-electron chi connectivity index (χ1n) is 18.2. The minimum Gasteiger partial charge on any atom is -0.480 e. The molecule has 1 aromatic heterocycles. The fraction of sp³-hybridized carbons (Fsp3) is 0.447. The lowest BCUT2D eigenvalue weighted by atomic mass is 10.0. The number of nitrogens with zero attached hydrogens (tertiary/aromatic N) is 2. The number of aliphatic hydroxyl groups is 1. The first-order valence-corrected chi connectivity index (χ1v) is 18.2. The highest BCUT2D eigenvalue weighted by Gasteiger charge is 2.39. The molecule has 3 aromatic rings. The number of aliphatic hydroxyl groups excluding tert-OH is 1. The van der Waals surface area contributed by atoms with Crippen LogP contribution in [0.25, 0.3) is 0 Å². The second kappa shape index (κ2) is 26.1. The van der Waals surface area contributed by atoms with E-state index >= 15 is 0 Å². The fourth-order valence-electron chi connectivity index (χ4n) is 5.06. The quantitative estimate of drug-likeness (QED) is 0.0603. The van der Waals surface area contributed by atoms with E-state index in [9.17, 15) is 55.7 Å². The fourth-order valence-corrected chi connectivity index (χ4v) is 5.06. The maximum absolute atomic E-state index is 13.2. The number of halogens is 6. The minimum atomic E-state index is -5.08. The molecule has 0 fully saturated rings. The summed E-state index contributed by atoms with van der Waals surface area (Å²) in [7, 11) is 0. The van der Waals surface area contributed by atoms with Crippen molar-refractivity contribution in [2.45, 2.75) is 95.3 Å². The molecule has 2 aromatic carbocycles. The average molecular weight is 863 g/mol. The third kappa shape index (κ3) is 21.1. The molecule has 3 amide bonds. The van der Waals surface area contributed by atoms with Crippen molar-refractivity contribution in [2.24, 2.45) is 5.73 Å². The highest BCUT2D eigenvalue weighted by atomic mass is 19.4. The highest BCUT2D eigenvalue weighted by molar-refractivity contribution is 5.93. The minimum absolute atomic E-state index is 0.00413. The van der Waals surface area contributed by atoms with E-state index in [2.05, 4.69) is 25.5 Å². The van der Waals surface area contributed by atoms with Gasteiger partial charge in [-0.2, -0.15) is 26.3 Å². The molecule has 3 rings (SSSR count). The molecule has 0 saturated carbocycles. The van der Waals surface area contributed by atoms with E-state index in [4.69, 9.17) is 25.5 Å². The number of benzene rings is 2. The van der Waals surface area contributed by atoms with Gasteiger partial charge in [0.1, 0.15) is 23.9 Å². The van der Waals surface area contributed by atoms with Crippen molar-refractivity contribution in [3.05, 3.63) is 89.5 Å². The average Bonchev–Trinajstić information content (AvgIpc) is 3.59. The Kier molecular flexibility index (Phi) is 22.7. The Hall–Kier alpha value is -6.03. The Labute approximate surface area is 340 Å². The number of carbonyl (C=O) groups excluding carboxylic acids is 3. The van der Waals surface area contributed by atoms with Crippen LogP contribution < -0.4 is 21.7 Å². The number of aromatic nitrogens is 2. The maximum atomic E-state index is 13.2. The molecular formula is C38H48F6N6O10. The van der Waals surface area contributed by atoms with Crippen LogP contribution in [0.5, 0.6) is 0 Å². The molecule has 22 heteroatoms. The normalized spacial score (nSPS) is 12.6. The van der Waals surface area contributed by atoms with E-state index in [1.54, 1.807) is 36.5 Å². The molecule has 0 unspecified atom stereocenters. The Morgan fingerprint density at radius 1 is 0.717 bits per heavy atom. The Morgan fingerprint density at radius 3 is 1.73 bits per heavy atom. The number of nitrogens with two attached hydrogens (primary N) is 1. The van der Waals surface area contributed by atoms with Gasteiger partial charge in [0.15, 0.2) is 0 Å². The number of hydrogen-bond donors (Lipinski definition) is 8. The first kappa shape index (κ1) is 52.0. The number of amides is 3. The molecule has 0 aliphatic carbocycles. The van der Waals surface area contributed by atoms with Gasteiger partial charge in [-0.05, 0) is 68.7 Å². The molecule has 0 aliphatic rings. The molecule has 3 atom stereocenters. The van der Waals surface area contributed by atoms with Crippen LogP contribution in [0.4, 0.5) is 26.3 Å². The number of aryl methyl sites for hydroxylation is 3. The predicted molar refractivity (Wildman–Crippen MR) is 201 cm³/mol. The van der Waals surface area contributed by atoms with E-state index in [0.717, 1.165) is 48.3 Å². The summed E-state index contributed by atoms with van der Waals surface area (Å²) in [4.78, 5) is 72.9. The molecule has 332 valence electrons. The summed E-state index contributed by atoms with van der Waals surface area (Å²) in [5.41, 5.74) is 8.24. The van der Waals surface area contributed by atoms with Crippen molar-refractivity contribution in [2.75, 3.05) is 13.2 Å². The second-order valence-electron chi connectivity index (χ2n) is 13.0. The lowest BCUT2D eigenvalue weighted by Crippen LogP contribution is -2.57. The second-order valence-corrected chi connectivity index (χ2v) is 13.0. The third-order valence-electron chi connectivity index (χ3n) is 8.22. The summed E-state index contributed by atoms with van der Waals surface area (Å²) in [6.45, 7) is 2.60. The zero-order valence-electron chi connectivity index (χ0n) is 32.3. The van der Waals surface area contributed by atoms with Gasteiger partial charge in [-0.15, -0.1) is 0 Å². The van der Waals surface area contributed by atoms with Gasteiger partial charge in [0.2, 0.25) is 17.7 Å². The largest absolute Gasteiger partial charge is 0.490 e. The van der Waals surface area contributed by atoms with Crippen LogP contribution in [0, 0.1) is 6.92 Å². The van der Waals surface area contributed by atoms with Crippen molar-refractivity contribution in [1.29, 1.82) is 0 Å². The van der Waals surface area contributed by atoms with Crippen molar-refractivity contribution in [3.8, 4) is 0 Å². The number of imidazole rings is 1. The standard InChI is InChI=1S/C34H46N6O6.2C2HF3O2/c1-24-36-18-20-40(24)19-8-6-9-25-13-15-27(16-14-25)22-31(42)37-30(23-41)33(44)38-28(12-5-7-17-35)32(43)39-29(34(45)46)21-26-10-3-2-4-11-26;2*3-2(4,5)1(6)7/h2-4,10-11,13-16,18,20,28-30,41H,5-9,12,17,19,21-23,35H2,1H3,(H,37,42)(H,38,44)(H,39,43)(H,45,46);2*(H,6,7)/t28-,29-,30-;;/m0../s1. The van der Waals surface area contributed by atoms with Crippen molar-refractivity contribution in [3.63, 3.8) is 0 Å². The van der Waals surface area contributed by atoms with Gasteiger partial charge in [0, 0.05) is 25.4 Å². The summed E-state index contributed by atoms with van der Waals surface area (Å²) >= 11 is 0. The molecular weight excluding hydrogens is 814 g/mol. The third-order valence-corrected chi connectivity index (χ3v) is 8.22. The van der Waals surface area contributed by atoms with E-state index in [1.165, 1.54) is 0 Å². The van der Waals surface area contributed by atoms with Gasteiger partial charge in [-0.1, -0.05) is 54.6 Å². The summed E-state index contributed by atoms with van der Waals surface area (Å²) in [6, 6.07) is 13.0. The maximum Gasteiger partial charge on any atom is 0.490 e. The predicted octanol–water partition coefficient (Wildman–Crippen LogP) is 2.93. The number of alkyl halides is 6. The number of hydrogen-bond acceptors (Lipinski definition) is 9. The number of unbranched alkanes of at least 4 members (excludes halogenated alkanes) is 2. The van der Waals surface area contributed by atoms with Gasteiger partial charge in [-0.25, -0.2) is 19.4 Å². The Balaban J connectivity index is 0.00000110. The molecule has 1 heterocycles. The van der Waals surface area contributed by atoms with Crippen LogP contribution in [0.2, 0.25) is 0 Å². The summed E-state index contributed by atoms with van der Waals surface area (Å²) in [6.07, 6.45) is -2.08. The molecule has 60 heavy (non-hydrogen) atoms. The van der Waals surface area contributed by atoms with Crippen LogP contribution in [-0.2, 0) is 54.6 Å². The molecule has 0 bridgehead atoms. The van der Waals surface area contributed by atoms with Crippen LogP contribution >= 0.6 is 0 Å². The Bertz CT molecular complexity index is 1780. The van der Waals surface area contributed by atoms with Crippen LogP contribution in [0.15, 0.2) is 67.0 Å². The van der Waals surface area contributed by atoms with Gasteiger partial charge >= 0.3 is 30.3 Å². The number of aliphatic carboxylic acids is 3. The first-order chi connectivity index (χ1) is 28.1. The molecule has 0 saturated heterocycles. The number of rotatable bonds is 20. The van der Waals surface area contributed by atoms with Crippen molar-refractivity contribution in [1.82, 2.24) is 25.5 Å². The molecule has 16 nitrogen and oxygen atoms in total. The van der Waals surface area contributed by atoms with E-state index < -0.39 is 72.7 Å². The summed E-state index contributed by atoms with van der Waals surface area (Å²) < 4.78 is 65.6. The van der Waals surface area contributed by atoms with Gasteiger partial charge in [0.05, 0.1) is 13.0 Å². The zero-order chi connectivity index (χ0) is 45.5. The van der Waals surface area contributed by atoms with Gasteiger partial charge < -0.3 is 46.7 Å².